The summed E-state index contributed by atoms with van der Waals surface area (Å²) in [5.74, 6) is 9.22. The second-order valence-corrected chi connectivity index (χ2v) is 6.27. The first-order chi connectivity index (χ1) is 11.8. The van der Waals surface area contributed by atoms with E-state index >= 15 is 0 Å². The Balaban J connectivity index is 1.77. The number of allylic oxidation sites excluding steroid dienone is 1. The van der Waals surface area contributed by atoms with Crippen LogP contribution in [0.15, 0.2) is 60.7 Å². The number of rotatable bonds is 1. The van der Waals surface area contributed by atoms with Crippen molar-refractivity contribution in [2.75, 3.05) is 7.11 Å². The molecule has 0 saturated heterocycles. The average Bonchev–Trinajstić information content (AvgIpc) is 2.65. The minimum Gasteiger partial charge on any atom is -0.497 e. The molecule has 0 radical (unpaired) electrons. The van der Waals surface area contributed by atoms with E-state index in [9.17, 15) is 0 Å². The number of ether oxygens (including phenoxy) is 2. The first-order valence-corrected chi connectivity index (χ1v) is 8.43. The molecule has 2 aliphatic rings. The van der Waals surface area contributed by atoms with E-state index in [2.05, 4.69) is 42.2 Å². The molecule has 0 N–H and O–H groups in total. The molecule has 1 aliphatic heterocycles. The summed E-state index contributed by atoms with van der Waals surface area (Å²) in [6.45, 7) is 0. The molecule has 0 saturated carbocycles. The zero-order valence-electron chi connectivity index (χ0n) is 13.7. The second kappa shape index (κ2) is 6.45. The van der Waals surface area contributed by atoms with Gasteiger partial charge in [0.25, 0.3) is 0 Å². The van der Waals surface area contributed by atoms with Crippen molar-refractivity contribution in [1.29, 1.82) is 0 Å². The third-order valence-electron chi connectivity index (χ3n) is 4.80. The Morgan fingerprint density at radius 3 is 2.83 bits per heavy atom. The van der Waals surface area contributed by atoms with E-state index in [1.165, 1.54) is 0 Å². The van der Waals surface area contributed by atoms with Crippen molar-refractivity contribution < 1.29 is 9.47 Å². The number of benzene rings is 2. The summed E-state index contributed by atoms with van der Waals surface area (Å²) in [5, 5.41) is 0. The lowest BCUT2D eigenvalue weighted by atomic mass is 9.75. The van der Waals surface area contributed by atoms with Gasteiger partial charge in [0.1, 0.15) is 17.6 Å². The van der Waals surface area contributed by atoms with E-state index in [-0.39, 0.29) is 12.0 Å². The average molecular weight is 316 g/mol. The number of fused-ring (bicyclic) bond motifs is 2. The van der Waals surface area contributed by atoms with E-state index in [0.717, 1.165) is 35.5 Å². The molecule has 120 valence electrons. The van der Waals surface area contributed by atoms with Gasteiger partial charge in [0, 0.05) is 17.0 Å². The van der Waals surface area contributed by atoms with Crippen LogP contribution in [0.25, 0.3) is 0 Å². The standard InChI is InChI=1S/C22H20O2/c1-23-17-12-14-22-20(15-17)18(13-11-16-7-3-2-4-8-16)19-9-5-6-10-21(19)24-22/h2-4,6-8,10,12,14-15,18-19,21H,5,9H2,1H3/t18-,19?,21+/m0/s1. The van der Waals surface area contributed by atoms with Crippen LogP contribution < -0.4 is 9.47 Å². The highest BCUT2D eigenvalue weighted by atomic mass is 16.5. The molecular weight excluding hydrogens is 296 g/mol. The largest absolute Gasteiger partial charge is 0.497 e. The molecule has 3 atom stereocenters. The van der Waals surface area contributed by atoms with Gasteiger partial charge in [-0.15, -0.1) is 0 Å². The predicted molar refractivity (Wildman–Crippen MR) is 95.3 cm³/mol. The van der Waals surface area contributed by atoms with Crippen molar-refractivity contribution in [1.82, 2.24) is 0 Å². The minimum absolute atomic E-state index is 0.120. The fourth-order valence-electron chi connectivity index (χ4n) is 3.56. The molecule has 2 aromatic carbocycles. The van der Waals surface area contributed by atoms with Crippen molar-refractivity contribution in [3.63, 3.8) is 0 Å². The van der Waals surface area contributed by atoms with Crippen LogP contribution in [0.5, 0.6) is 11.5 Å². The minimum atomic E-state index is 0.120. The summed E-state index contributed by atoms with van der Waals surface area (Å²) in [7, 11) is 1.70. The second-order valence-electron chi connectivity index (χ2n) is 6.27. The Morgan fingerprint density at radius 1 is 1.12 bits per heavy atom. The lowest BCUT2D eigenvalue weighted by Crippen LogP contribution is -2.35. The zero-order chi connectivity index (χ0) is 16.4. The number of hydrogen-bond acceptors (Lipinski definition) is 2. The van der Waals surface area contributed by atoms with Gasteiger partial charge in [-0.05, 0) is 49.2 Å². The molecule has 2 heteroatoms. The summed E-state index contributed by atoms with van der Waals surface area (Å²) in [4.78, 5) is 0. The molecule has 0 aromatic heterocycles. The molecule has 4 rings (SSSR count). The lowest BCUT2D eigenvalue weighted by Gasteiger charge is -2.38. The summed E-state index contributed by atoms with van der Waals surface area (Å²) >= 11 is 0. The van der Waals surface area contributed by atoms with Gasteiger partial charge in [0.05, 0.1) is 13.0 Å². The van der Waals surface area contributed by atoms with Crippen LogP contribution in [0, 0.1) is 17.8 Å². The van der Waals surface area contributed by atoms with Crippen LogP contribution in [0.2, 0.25) is 0 Å². The van der Waals surface area contributed by atoms with Gasteiger partial charge in [-0.1, -0.05) is 36.1 Å². The quantitative estimate of drug-likeness (QED) is 0.567. The summed E-state index contributed by atoms with van der Waals surface area (Å²) in [5.41, 5.74) is 2.20. The maximum Gasteiger partial charge on any atom is 0.124 e. The molecule has 24 heavy (non-hydrogen) atoms. The Hall–Kier alpha value is -2.66. The van der Waals surface area contributed by atoms with Crippen LogP contribution >= 0.6 is 0 Å². The van der Waals surface area contributed by atoms with E-state index in [4.69, 9.17) is 9.47 Å². The van der Waals surface area contributed by atoms with Gasteiger partial charge in [-0.3, -0.25) is 0 Å². The van der Waals surface area contributed by atoms with Gasteiger partial charge in [-0.2, -0.15) is 0 Å². The topological polar surface area (TPSA) is 18.5 Å². The lowest BCUT2D eigenvalue weighted by molar-refractivity contribution is 0.132. The van der Waals surface area contributed by atoms with Crippen molar-refractivity contribution in [3.8, 4) is 23.3 Å². The highest BCUT2D eigenvalue weighted by molar-refractivity contribution is 5.49. The van der Waals surface area contributed by atoms with Crippen LogP contribution in [-0.2, 0) is 0 Å². The SMILES string of the molecule is COc1ccc2c(c1)[C@@H](C#Cc1ccccc1)C1CCC=C[C@H]1O2. The third kappa shape index (κ3) is 2.78. The third-order valence-corrected chi connectivity index (χ3v) is 4.80. The monoisotopic (exact) mass is 316 g/mol. The van der Waals surface area contributed by atoms with Gasteiger partial charge in [-0.25, -0.2) is 0 Å². The Labute approximate surface area is 143 Å². The molecule has 1 heterocycles. The predicted octanol–water partition coefficient (Wildman–Crippen LogP) is 4.56. The van der Waals surface area contributed by atoms with Crippen LogP contribution in [0.1, 0.15) is 29.9 Å². The van der Waals surface area contributed by atoms with Gasteiger partial charge in [0.15, 0.2) is 0 Å². The van der Waals surface area contributed by atoms with E-state index in [0.29, 0.717) is 5.92 Å². The van der Waals surface area contributed by atoms with Crippen molar-refractivity contribution >= 4 is 0 Å². The van der Waals surface area contributed by atoms with E-state index in [1.807, 2.05) is 30.3 Å². The molecule has 0 spiro atoms. The van der Waals surface area contributed by atoms with Crippen LogP contribution in [0.3, 0.4) is 0 Å². The summed E-state index contributed by atoms with van der Waals surface area (Å²) in [6, 6.07) is 16.2. The molecule has 1 aliphatic carbocycles. The smallest absolute Gasteiger partial charge is 0.124 e. The fraction of sp³-hybridized carbons (Fsp3) is 0.273. The maximum atomic E-state index is 6.21. The van der Waals surface area contributed by atoms with Crippen LogP contribution in [0.4, 0.5) is 0 Å². The first kappa shape index (κ1) is 14.9. The van der Waals surface area contributed by atoms with Crippen molar-refractivity contribution in [2.24, 2.45) is 5.92 Å². The Bertz CT molecular complexity index is 811. The normalized spacial score (nSPS) is 24.0. The first-order valence-electron chi connectivity index (χ1n) is 8.43. The number of methoxy groups -OCH3 is 1. The Morgan fingerprint density at radius 2 is 2.00 bits per heavy atom. The van der Waals surface area contributed by atoms with Crippen molar-refractivity contribution in [3.05, 3.63) is 71.8 Å². The molecule has 2 nitrogen and oxygen atoms in total. The molecular formula is C22H20O2. The van der Waals surface area contributed by atoms with Crippen molar-refractivity contribution in [2.45, 2.75) is 24.9 Å². The zero-order valence-corrected chi connectivity index (χ0v) is 13.7. The van der Waals surface area contributed by atoms with Gasteiger partial charge >= 0.3 is 0 Å². The van der Waals surface area contributed by atoms with E-state index in [1.54, 1.807) is 7.11 Å². The molecule has 0 fully saturated rings. The maximum absolute atomic E-state index is 6.21. The molecule has 1 unspecified atom stereocenters. The molecule has 0 amide bonds. The molecule has 0 bridgehead atoms. The molecule has 2 aromatic rings. The summed E-state index contributed by atoms with van der Waals surface area (Å²) in [6.07, 6.45) is 6.73. The van der Waals surface area contributed by atoms with Crippen LogP contribution in [-0.4, -0.2) is 13.2 Å². The highest BCUT2D eigenvalue weighted by Gasteiger charge is 2.37. The van der Waals surface area contributed by atoms with Gasteiger partial charge in [0.2, 0.25) is 0 Å². The summed E-state index contributed by atoms with van der Waals surface area (Å²) < 4.78 is 11.6. The Kier molecular flexibility index (Phi) is 4.01. The fourth-order valence-corrected chi connectivity index (χ4v) is 3.56. The highest BCUT2D eigenvalue weighted by Crippen LogP contribution is 2.45. The van der Waals surface area contributed by atoms with Gasteiger partial charge < -0.3 is 9.47 Å². The number of hydrogen-bond donors (Lipinski definition) is 0. The van der Waals surface area contributed by atoms with E-state index < -0.39 is 0 Å².